The molecule has 1 amide bonds. The molecule has 1 saturated carbocycles. The number of likely N-dealkylation sites (N-methyl/N-ethyl adjacent to an activating group) is 1. The third kappa shape index (κ3) is 3.64. The summed E-state index contributed by atoms with van der Waals surface area (Å²) < 4.78 is 0. The van der Waals surface area contributed by atoms with Gasteiger partial charge < -0.3 is 4.90 Å². The van der Waals surface area contributed by atoms with E-state index in [0.29, 0.717) is 6.04 Å². The zero-order valence-electron chi connectivity index (χ0n) is 13.8. The van der Waals surface area contributed by atoms with Gasteiger partial charge in [-0.05, 0) is 24.0 Å². The number of benzene rings is 2. The fourth-order valence-corrected chi connectivity index (χ4v) is 3.62. The van der Waals surface area contributed by atoms with Crippen molar-refractivity contribution in [2.24, 2.45) is 0 Å². The summed E-state index contributed by atoms with van der Waals surface area (Å²) in [6.45, 7) is 0. The molecular formula is C21H25NO. The number of rotatable bonds is 4. The fourth-order valence-electron chi connectivity index (χ4n) is 3.62. The fraction of sp³-hybridized carbons (Fsp3) is 0.381. The predicted molar refractivity (Wildman–Crippen MR) is 94.4 cm³/mol. The van der Waals surface area contributed by atoms with Gasteiger partial charge in [0.2, 0.25) is 5.91 Å². The van der Waals surface area contributed by atoms with Gasteiger partial charge in [0.15, 0.2) is 0 Å². The molecule has 0 aromatic heterocycles. The smallest absolute Gasteiger partial charge is 0.234 e. The van der Waals surface area contributed by atoms with Crippen LogP contribution in [0.4, 0.5) is 0 Å². The normalized spacial score (nSPS) is 15.6. The lowest BCUT2D eigenvalue weighted by atomic mass is 9.88. The Labute approximate surface area is 139 Å². The van der Waals surface area contributed by atoms with Gasteiger partial charge in [0.1, 0.15) is 0 Å². The van der Waals surface area contributed by atoms with Crippen molar-refractivity contribution in [3.05, 3.63) is 71.8 Å². The maximum atomic E-state index is 13.3. The average molecular weight is 307 g/mol. The van der Waals surface area contributed by atoms with Crippen LogP contribution in [0.3, 0.4) is 0 Å². The van der Waals surface area contributed by atoms with Crippen LogP contribution in [0, 0.1) is 0 Å². The van der Waals surface area contributed by atoms with E-state index in [0.717, 1.165) is 24.0 Å². The number of nitrogens with zero attached hydrogens (tertiary/aromatic N) is 1. The first-order chi connectivity index (χ1) is 11.3. The van der Waals surface area contributed by atoms with E-state index in [2.05, 4.69) is 24.3 Å². The molecule has 120 valence electrons. The summed E-state index contributed by atoms with van der Waals surface area (Å²) in [7, 11) is 1.98. The lowest BCUT2D eigenvalue weighted by Gasteiger charge is -2.34. The van der Waals surface area contributed by atoms with E-state index in [1.54, 1.807) is 0 Å². The van der Waals surface area contributed by atoms with Crippen molar-refractivity contribution in [2.75, 3.05) is 7.05 Å². The van der Waals surface area contributed by atoms with Gasteiger partial charge in [-0.1, -0.05) is 79.9 Å². The summed E-state index contributed by atoms with van der Waals surface area (Å²) in [5.74, 6) is 0.0126. The summed E-state index contributed by atoms with van der Waals surface area (Å²) in [5, 5.41) is 0. The summed E-state index contributed by atoms with van der Waals surface area (Å²) in [4.78, 5) is 15.3. The maximum Gasteiger partial charge on any atom is 0.234 e. The molecule has 0 heterocycles. The van der Waals surface area contributed by atoms with Gasteiger partial charge >= 0.3 is 0 Å². The molecule has 1 aliphatic rings. The molecule has 1 aliphatic carbocycles. The number of hydrogen-bond donors (Lipinski definition) is 0. The molecule has 2 nitrogen and oxygen atoms in total. The molecule has 0 radical (unpaired) electrons. The maximum absolute atomic E-state index is 13.3. The molecule has 0 saturated heterocycles. The van der Waals surface area contributed by atoms with Crippen LogP contribution < -0.4 is 0 Å². The molecule has 1 fully saturated rings. The molecule has 2 aromatic carbocycles. The van der Waals surface area contributed by atoms with Crippen molar-refractivity contribution in [3.8, 4) is 0 Å². The molecule has 0 spiro atoms. The topological polar surface area (TPSA) is 20.3 Å². The SMILES string of the molecule is CN(C(=O)C(c1ccccc1)c1ccccc1)C1CCCCC1. The number of carbonyl (C=O) groups excluding carboxylic acids is 1. The van der Waals surface area contributed by atoms with Gasteiger partial charge in [0.25, 0.3) is 0 Å². The first kappa shape index (κ1) is 15.8. The van der Waals surface area contributed by atoms with Crippen LogP contribution in [0.2, 0.25) is 0 Å². The van der Waals surface area contributed by atoms with Crippen LogP contribution >= 0.6 is 0 Å². The number of carbonyl (C=O) groups is 1. The van der Waals surface area contributed by atoms with E-state index in [4.69, 9.17) is 0 Å². The first-order valence-electron chi connectivity index (χ1n) is 8.64. The number of hydrogen-bond acceptors (Lipinski definition) is 1. The quantitative estimate of drug-likeness (QED) is 0.807. The van der Waals surface area contributed by atoms with Crippen molar-refractivity contribution in [1.29, 1.82) is 0 Å². The summed E-state index contributed by atoms with van der Waals surface area (Å²) in [6.07, 6.45) is 6.06. The van der Waals surface area contributed by atoms with Crippen LogP contribution in [0.15, 0.2) is 60.7 Å². The Kier molecular flexibility index (Phi) is 5.12. The Morgan fingerprint density at radius 3 is 1.83 bits per heavy atom. The number of amides is 1. The highest BCUT2D eigenvalue weighted by molar-refractivity contribution is 5.87. The van der Waals surface area contributed by atoms with E-state index in [1.165, 1.54) is 19.3 Å². The standard InChI is InChI=1S/C21H25NO/c1-22(19-15-9-4-10-16-19)21(23)20(17-11-5-2-6-12-17)18-13-7-3-8-14-18/h2-3,5-8,11-14,19-20H,4,9-10,15-16H2,1H3. The summed E-state index contributed by atoms with van der Waals surface area (Å²) >= 11 is 0. The largest absolute Gasteiger partial charge is 0.342 e. The molecule has 0 bridgehead atoms. The lowest BCUT2D eigenvalue weighted by molar-refractivity contribution is -0.133. The minimum atomic E-state index is -0.204. The van der Waals surface area contributed by atoms with Crippen LogP contribution in [0.25, 0.3) is 0 Å². The van der Waals surface area contributed by atoms with E-state index >= 15 is 0 Å². The van der Waals surface area contributed by atoms with Gasteiger partial charge in [-0.3, -0.25) is 4.79 Å². The second-order valence-electron chi connectivity index (χ2n) is 6.50. The van der Waals surface area contributed by atoms with Crippen molar-refractivity contribution >= 4 is 5.91 Å². The third-order valence-corrected chi connectivity index (χ3v) is 4.98. The zero-order valence-corrected chi connectivity index (χ0v) is 13.8. The van der Waals surface area contributed by atoms with Crippen LogP contribution in [0.1, 0.15) is 49.1 Å². The van der Waals surface area contributed by atoms with Crippen molar-refractivity contribution in [2.45, 2.75) is 44.1 Å². The molecule has 2 aromatic rings. The van der Waals surface area contributed by atoms with Crippen molar-refractivity contribution in [1.82, 2.24) is 4.90 Å². The van der Waals surface area contributed by atoms with Gasteiger partial charge in [0.05, 0.1) is 5.92 Å². The highest BCUT2D eigenvalue weighted by Crippen LogP contribution is 2.29. The second kappa shape index (κ2) is 7.45. The summed E-state index contributed by atoms with van der Waals surface area (Å²) in [5.41, 5.74) is 2.15. The van der Waals surface area contributed by atoms with Gasteiger partial charge in [-0.15, -0.1) is 0 Å². The molecule has 0 aliphatic heterocycles. The zero-order chi connectivity index (χ0) is 16.1. The van der Waals surface area contributed by atoms with Gasteiger partial charge in [-0.2, -0.15) is 0 Å². The van der Waals surface area contributed by atoms with Gasteiger partial charge in [-0.25, -0.2) is 0 Å². The van der Waals surface area contributed by atoms with E-state index < -0.39 is 0 Å². The molecule has 2 heteroatoms. The van der Waals surface area contributed by atoms with Crippen molar-refractivity contribution < 1.29 is 4.79 Å². The molecule has 23 heavy (non-hydrogen) atoms. The molecule has 0 N–H and O–H groups in total. The molecule has 0 atom stereocenters. The third-order valence-electron chi connectivity index (χ3n) is 4.98. The Morgan fingerprint density at radius 2 is 1.35 bits per heavy atom. The lowest BCUT2D eigenvalue weighted by Crippen LogP contribution is -2.41. The average Bonchev–Trinajstić information content (AvgIpc) is 2.64. The van der Waals surface area contributed by atoms with Crippen LogP contribution in [-0.4, -0.2) is 23.9 Å². The van der Waals surface area contributed by atoms with E-state index in [9.17, 15) is 4.79 Å². The Morgan fingerprint density at radius 1 is 0.870 bits per heavy atom. The van der Waals surface area contributed by atoms with E-state index in [-0.39, 0.29) is 11.8 Å². The second-order valence-corrected chi connectivity index (χ2v) is 6.50. The van der Waals surface area contributed by atoms with Crippen LogP contribution in [-0.2, 0) is 4.79 Å². The predicted octanol–water partition coefficient (Wildman–Crippen LogP) is 4.61. The van der Waals surface area contributed by atoms with E-state index in [1.807, 2.05) is 48.3 Å². The minimum Gasteiger partial charge on any atom is -0.342 e. The molecule has 3 rings (SSSR count). The van der Waals surface area contributed by atoms with Crippen molar-refractivity contribution in [3.63, 3.8) is 0 Å². The van der Waals surface area contributed by atoms with Crippen LogP contribution in [0.5, 0.6) is 0 Å². The molecule has 0 unspecified atom stereocenters. The van der Waals surface area contributed by atoms with Gasteiger partial charge in [0, 0.05) is 13.1 Å². The monoisotopic (exact) mass is 307 g/mol. The highest BCUT2D eigenvalue weighted by atomic mass is 16.2. The minimum absolute atomic E-state index is 0.204. The summed E-state index contributed by atoms with van der Waals surface area (Å²) in [6, 6.07) is 20.7. The first-order valence-corrected chi connectivity index (χ1v) is 8.64. The Hall–Kier alpha value is -2.09. The highest BCUT2D eigenvalue weighted by Gasteiger charge is 2.29. The Bertz CT molecular complexity index is 577. The Balaban J connectivity index is 1.90. The molecular weight excluding hydrogens is 282 g/mol.